The monoisotopic (exact) mass is 240 g/mol. The van der Waals surface area contributed by atoms with Crippen LogP contribution in [0.1, 0.15) is 24.2 Å². The molecule has 0 saturated heterocycles. The first-order chi connectivity index (χ1) is 7.91. The number of nitrogens with one attached hydrogen (secondary N) is 1. The van der Waals surface area contributed by atoms with Crippen molar-refractivity contribution in [2.75, 3.05) is 6.54 Å². The van der Waals surface area contributed by atoms with Gasteiger partial charge in [0.05, 0.1) is 5.56 Å². The third-order valence-electron chi connectivity index (χ3n) is 2.56. The Bertz CT molecular complexity index is 407. The summed E-state index contributed by atoms with van der Waals surface area (Å²) in [6, 6.07) is 3.11. The van der Waals surface area contributed by atoms with Crippen LogP contribution in [-0.4, -0.2) is 23.6 Å². The van der Waals surface area contributed by atoms with Crippen LogP contribution in [0.5, 0.6) is 5.75 Å². The Balaban J connectivity index is 2.64. The fraction of sp³-hybridized carbons (Fsp3) is 0.417. The Kier molecular flexibility index (Phi) is 4.45. The molecule has 4 N–H and O–H groups in total. The minimum atomic E-state index is -0.585. The van der Waals surface area contributed by atoms with Crippen LogP contribution >= 0.6 is 0 Å². The summed E-state index contributed by atoms with van der Waals surface area (Å²) < 4.78 is 12.7. The van der Waals surface area contributed by atoms with E-state index in [4.69, 9.17) is 5.73 Å². The maximum Gasteiger partial charge on any atom is 0.255 e. The molecule has 0 aliphatic heterocycles. The highest BCUT2D eigenvalue weighted by molar-refractivity contribution is 5.96. The number of carbonyl (C=O) groups is 1. The van der Waals surface area contributed by atoms with Crippen LogP contribution in [-0.2, 0) is 0 Å². The molecule has 17 heavy (non-hydrogen) atoms. The number of rotatable bonds is 4. The number of benzene rings is 1. The molecule has 0 spiro atoms. The third kappa shape index (κ3) is 3.71. The summed E-state index contributed by atoms with van der Waals surface area (Å²) in [6.07, 6.45) is 0. The van der Waals surface area contributed by atoms with Gasteiger partial charge in [0.1, 0.15) is 11.6 Å². The standard InChI is InChI=1S/C12H17FN2O2/c1-7(2)10(14)6-15-12(17)9-4-3-8(13)5-11(9)16/h3-5,7,10,16H,6,14H2,1-2H3,(H,15,17). The van der Waals surface area contributed by atoms with Crippen molar-refractivity contribution in [1.82, 2.24) is 5.32 Å². The van der Waals surface area contributed by atoms with Gasteiger partial charge in [0, 0.05) is 18.7 Å². The van der Waals surface area contributed by atoms with E-state index in [-0.39, 0.29) is 23.3 Å². The molecule has 0 heterocycles. The zero-order chi connectivity index (χ0) is 13.0. The number of nitrogens with two attached hydrogens (primary N) is 1. The quantitative estimate of drug-likeness (QED) is 0.741. The summed E-state index contributed by atoms with van der Waals surface area (Å²) in [7, 11) is 0. The summed E-state index contributed by atoms with van der Waals surface area (Å²) >= 11 is 0. The summed E-state index contributed by atoms with van der Waals surface area (Å²) in [6.45, 7) is 4.21. The lowest BCUT2D eigenvalue weighted by molar-refractivity contribution is 0.0946. The van der Waals surface area contributed by atoms with Gasteiger partial charge >= 0.3 is 0 Å². The van der Waals surface area contributed by atoms with E-state index < -0.39 is 11.7 Å². The van der Waals surface area contributed by atoms with Crippen LogP contribution in [0.15, 0.2) is 18.2 Å². The lowest BCUT2D eigenvalue weighted by atomic mass is 10.1. The van der Waals surface area contributed by atoms with Gasteiger partial charge in [-0.25, -0.2) is 4.39 Å². The van der Waals surface area contributed by atoms with Gasteiger partial charge in [-0.1, -0.05) is 13.8 Å². The molecule has 1 aromatic rings. The number of aromatic hydroxyl groups is 1. The summed E-state index contributed by atoms with van der Waals surface area (Å²) in [4.78, 5) is 11.7. The van der Waals surface area contributed by atoms with Crippen molar-refractivity contribution in [3.05, 3.63) is 29.6 Å². The number of hydrogen-bond donors (Lipinski definition) is 3. The second-order valence-corrected chi connectivity index (χ2v) is 4.28. The Morgan fingerprint density at radius 1 is 1.53 bits per heavy atom. The Hall–Kier alpha value is -1.62. The summed E-state index contributed by atoms with van der Waals surface area (Å²) in [5.74, 6) is -1.17. The molecule has 0 fully saturated rings. The maximum absolute atomic E-state index is 12.7. The van der Waals surface area contributed by atoms with Crippen molar-refractivity contribution in [2.45, 2.75) is 19.9 Å². The van der Waals surface area contributed by atoms with E-state index in [0.717, 1.165) is 12.1 Å². The van der Waals surface area contributed by atoms with Gasteiger partial charge in [0.15, 0.2) is 0 Å². The normalized spacial score (nSPS) is 12.5. The van der Waals surface area contributed by atoms with Crippen LogP contribution in [0.3, 0.4) is 0 Å². The first-order valence-electron chi connectivity index (χ1n) is 5.44. The lowest BCUT2D eigenvalue weighted by Crippen LogP contribution is -2.40. The molecule has 1 aromatic carbocycles. The molecule has 0 saturated carbocycles. The van der Waals surface area contributed by atoms with Gasteiger partial charge in [0.25, 0.3) is 5.91 Å². The Morgan fingerprint density at radius 2 is 2.18 bits per heavy atom. The van der Waals surface area contributed by atoms with Crippen molar-refractivity contribution in [3.63, 3.8) is 0 Å². The smallest absolute Gasteiger partial charge is 0.255 e. The minimum absolute atomic E-state index is 0.0438. The molecule has 0 aliphatic rings. The van der Waals surface area contributed by atoms with Gasteiger partial charge in [-0.2, -0.15) is 0 Å². The van der Waals surface area contributed by atoms with Crippen LogP contribution in [0.25, 0.3) is 0 Å². The second-order valence-electron chi connectivity index (χ2n) is 4.28. The van der Waals surface area contributed by atoms with Crippen molar-refractivity contribution in [1.29, 1.82) is 0 Å². The van der Waals surface area contributed by atoms with Crippen molar-refractivity contribution >= 4 is 5.91 Å². The molecule has 0 aliphatic carbocycles. The van der Waals surface area contributed by atoms with Gasteiger partial charge in [-0.3, -0.25) is 4.79 Å². The van der Waals surface area contributed by atoms with E-state index >= 15 is 0 Å². The molecule has 1 rings (SSSR count). The third-order valence-corrected chi connectivity index (χ3v) is 2.56. The highest BCUT2D eigenvalue weighted by atomic mass is 19.1. The van der Waals surface area contributed by atoms with E-state index in [1.54, 1.807) is 0 Å². The highest BCUT2D eigenvalue weighted by Crippen LogP contribution is 2.17. The average molecular weight is 240 g/mol. The molecular formula is C12H17FN2O2. The second kappa shape index (κ2) is 5.63. The lowest BCUT2D eigenvalue weighted by Gasteiger charge is -2.16. The van der Waals surface area contributed by atoms with E-state index in [2.05, 4.69) is 5.32 Å². The number of phenols is 1. The SMILES string of the molecule is CC(C)C(N)CNC(=O)c1ccc(F)cc1O. The number of halogens is 1. The topological polar surface area (TPSA) is 75.3 Å². The number of hydrogen-bond acceptors (Lipinski definition) is 3. The maximum atomic E-state index is 12.7. The van der Waals surface area contributed by atoms with E-state index in [1.807, 2.05) is 13.8 Å². The van der Waals surface area contributed by atoms with Crippen molar-refractivity contribution < 1.29 is 14.3 Å². The number of phenolic OH excluding ortho intramolecular Hbond substituents is 1. The first-order valence-corrected chi connectivity index (χ1v) is 5.44. The molecule has 4 nitrogen and oxygen atoms in total. The summed E-state index contributed by atoms with van der Waals surface area (Å²) in [5.41, 5.74) is 5.81. The molecule has 1 unspecified atom stereocenters. The van der Waals surface area contributed by atoms with Crippen LogP contribution in [0.4, 0.5) is 4.39 Å². The van der Waals surface area contributed by atoms with Crippen LogP contribution in [0.2, 0.25) is 0 Å². The zero-order valence-corrected chi connectivity index (χ0v) is 9.90. The fourth-order valence-electron chi connectivity index (χ4n) is 1.24. The summed E-state index contributed by atoms with van der Waals surface area (Å²) in [5, 5.41) is 12.0. The van der Waals surface area contributed by atoms with Gasteiger partial charge in [-0.05, 0) is 18.1 Å². The molecule has 1 amide bonds. The number of carbonyl (C=O) groups excluding carboxylic acids is 1. The molecule has 0 aromatic heterocycles. The van der Waals surface area contributed by atoms with E-state index in [0.29, 0.717) is 6.54 Å². The Labute approximate surface area is 99.6 Å². The minimum Gasteiger partial charge on any atom is -0.507 e. The Morgan fingerprint density at radius 3 is 2.71 bits per heavy atom. The van der Waals surface area contributed by atoms with E-state index in [1.165, 1.54) is 6.07 Å². The average Bonchev–Trinajstić information content (AvgIpc) is 2.25. The number of amides is 1. The molecule has 1 atom stereocenters. The fourth-order valence-corrected chi connectivity index (χ4v) is 1.24. The zero-order valence-electron chi connectivity index (χ0n) is 9.90. The molecular weight excluding hydrogens is 223 g/mol. The predicted octanol–water partition coefficient (Wildman–Crippen LogP) is 1.24. The molecule has 0 bridgehead atoms. The molecule has 0 radical (unpaired) electrons. The van der Waals surface area contributed by atoms with Gasteiger partial charge < -0.3 is 16.2 Å². The van der Waals surface area contributed by atoms with Crippen molar-refractivity contribution in [2.24, 2.45) is 11.7 Å². The largest absolute Gasteiger partial charge is 0.507 e. The molecule has 94 valence electrons. The first kappa shape index (κ1) is 13.4. The van der Waals surface area contributed by atoms with Gasteiger partial charge in [-0.15, -0.1) is 0 Å². The van der Waals surface area contributed by atoms with Crippen molar-refractivity contribution in [3.8, 4) is 5.75 Å². The van der Waals surface area contributed by atoms with Crippen LogP contribution in [0, 0.1) is 11.7 Å². The highest BCUT2D eigenvalue weighted by Gasteiger charge is 2.14. The van der Waals surface area contributed by atoms with E-state index in [9.17, 15) is 14.3 Å². The van der Waals surface area contributed by atoms with Gasteiger partial charge in [0.2, 0.25) is 0 Å². The predicted molar refractivity (Wildman–Crippen MR) is 63.2 cm³/mol. The molecule has 5 heteroatoms. The van der Waals surface area contributed by atoms with Crippen LogP contribution < -0.4 is 11.1 Å².